The maximum Gasteiger partial charge on any atom is 0.335 e. The van der Waals surface area contributed by atoms with E-state index in [1.165, 1.54) is 12.1 Å². The molecule has 0 aromatic heterocycles. The number of carbonyl (C=O) groups is 2. The number of nitrogens with zero attached hydrogens (tertiary/aromatic N) is 1. The number of hydrogen-bond donors (Lipinski definition) is 2. The molecule has 4 atom stereocenters. The van der Waals surface area contributed by atoms with E-state index in [1.807, 2.05) is 19.1 Å². The molecule has 2 aromatic carbocycles. The highest BCUT2D eigenvalue weighted by Gasteiger charge is 2.52. The fourth-order valence-electron chi connectivity index (χ4n) is 5.94. The van der Waals surface area contributed by atoms with Crippen molar-refractivity contribution in [3.63, 3.8) is 0 Å². The molecule has 192 valence electrons. The predicted molar refractivity (Wildman–Crippen MR) is 135 cm³/mol. The van der Waals surface area contributed by atoms with E-state index in [-0.39, 0.29) is 42.2 Å². The molecule has 0 unspecified atom stereocenters. The third-order valence-electron chi connectivity index (χ3n) is 7.63. The highest BCUT2D eigenvalue weighted by atomic mass is 16.5. The van der Waals surface area contributed by atoms with Crippen LogP contribution in [-0.2, 0) is 9.53 Å². The number of fused-ring (bicyclic) bond motifs is 4. The standard InChI is InChI=1S/C28H34N2O6/c1-4-34-23-11-6-10-19-25-20(28(2,3)36-26(19)23)15-21-22(35-25)12-7-13-30(21)16-24(31)29-18-9-5-8-17(14-18)27(32)33/h5-6,8-11,14,20-22,25H,4,7,12-13,15-16H2,1-3H3,(H,29,31)(H,32,33)/t20-,21-,22-,25+/m0/s1. The highest BCUT2D eigenvalue weighted by molar-refractivity contribution is 5.94. The zero-order chi connectivity index (χ0) is 25.4. The topological polar surface area (TPSA) is 97.3 Å². The predicted octanol–water partition coefficient (Wildman–Crippen LogP) is 4.50. The summed E-state index contributed by atoms with van der Waals surface area (Å²) in [5.74, 6) is 0.470. The van der Waals surface area contributed by atoms with Crippen molar-refractivity contribution in [3.05, 3.63) is 53.6 Å². The quantitative estimate of drug-likeness (QED) is 0.610. The summed E-state index contributed by atoms with van der Waals surface area (Å²) in [6.45, 7) is 7.79. The van der Waals surface area contributed by atoms with E-state index in [2.05, 4.69) is 30.1 Å². The van der Waals surface area contributed by atoms with Gasteiger partial charge in [-0.2, -0.15) is 0 Å². The van der Waals surface area contributed by atoms with E-state index in [0.717, 1.165) is 42.9 Å². The second kappa shape index (κ2) is 9.75. The van der Waals surface area contributed by atoms with E-state index in [0.29, 0.717) is 12.3 Å². The number of anilines is 1. The molecular formula is C28H34N2O6. The summed E-state index contributed by atoms with van der Waals surface area (Å²) in [6.07, 6.45) is 2.71. The molecule has 0 radical (unpaired) electrons. The molecule has 0 saturated carbocycles. The summed E-state index contributed by atoms with van der Waals surface area (Å²) < 4.78 is 19.2. The number of rotatable bonds is 6. The van der Waals surface area contributed by atoms with Crippen molar-refractivity contribution in [2.45, 2.75) is 63.9 Å². The number of aromatic carboxylic acids is 1. The third-order valence-corrected chi connectivity index (χ3v) is 7.63. The number of ether oxygens (including phenoxy) is 3. The average molecular weight is 495 g/mol. The van der Waals surface area contributed by atoms with Crippen molar-refractivity contribution < 1.29 is 28.9 Å². The Bertz CT molecular complexity index is 1150. The molecule has 36 heavy (non-hydrogen) atoms. The van der Waals surface area contributed by atoms with Crippen molar-refractivity contribution in [1.29, 1.82) is 0 Å². The first kappa shape index (κ1) is 24.6. The maximum absolute atomic E-state index is 12.9. The number of carboxylic acids is 1. The third kappa shape index (κ3) is 4.67. The van der Waals surface area contributed by atoms with Crippen LogP contribution in [-0.4, -0.2) is 59.3 Å². The summed E-state index contributed by atoms with van der Waals surface area (Å²) in [5, 5.41) is 12.1. The van der Waals surface area contributed by atoms with Gasteiger partial charge in [0.05, 0.1) is 30.9 Å². The molecule has 2 aromatic rings. The van der Waals surface area contributed by atoms with Gasteiger partial charge >= 0.3 is 5.97 Å². The number of para-hydroxylation sites is 1. The number of carbonyl (C=O) groups excluding carboxylic acids is 1. The van der Waals surface area contributed by atoms with E-state index < -0.39 is 11.6 Å². The molecule has 2 saturated heterocycles. The van der Waals surface area contributed by atoms with Crippen LogP contribution in [0.5, 0.6) is 11.5 Å². The van der Waals surface area contributed by atoms with Crippen LogP contribution in [0.1, 0.15) is 62.1 Å². The zero-order valence-electron chi connectivity index (χ0n) is 21.0. The lowest BCUT2D eigenvalue weighted by Gasteiger charge is -2.54. The van der Waals surface area contributed by atoms with Crippen LogP contribution in [0.3, 0.4) is 0 Å². The number of nitrogens with one attached hydrogen (secondary N) is 1. The van der Waals surface area contributed by atoms with Crippen molar-refractivity contribution >= 4 is 17.6 Å². The van der Waals surface area contributed by atoms with Gasteiger partial charge in [0.15, 0.2) is 11.5 Å². The summed E-state index contributed by atoms with van der Waals surface area (Å²) >= 11 is 0. The fourth-order valence-corrected chi connectivity index (χ4v) is 5.94. The molecule has 3 aliphatic rings. The largest absolute Gasteiger partial charge is 0.490 e. The van der Waals surface area contributed by atoms with Crippen LogP contribution >= 0.6 is 0 Å². The Kier molecular flexibility index (Phi) is 6.66. The van der Waals surface area contributed by atoms with E-state index in [4.69, 9.17) is 14.2 Å². The summed E-state index contributed by atoms with van der Waals surface area (Å²) in [7, 11) is 0. The van der Waals surface area contributed by atoms with Crippen molar-refractivity contribution in [1.82, 2.24) is 4.90 Å². The minimum Gasteiger partial charge on any atom is -0.490 e. The Hall–Kier alpha value is -3.10. The Balaban J connectivity index is 1.33. The molecule has 3 heterocycles. The molecule has 0 bridgehead atoms. The molecule has 8 nitrogen and oxygen atoms in total. The first-order chi connectivity index (χ1) is 17.3. The lowest BCUT2D eigenvalue weighted by molar-refractivity contribution is -0.189. The van der Waals surface area contributed by atoms with Gasteiger partial charge in [-0.25, -0.2) is 4.79 Å². The number of likely N-dealkylation sites (tertiary alicyclic amines) is 1. The van der Waals surface area contributed by atoms with E-state index >= 15 is 0 Å². The van der Waals surface area contributed by atoms with Crippen LogP contribution in [0.15, 0.2) is 42.5 Å². The van der Waals surface area contributed by atoms with Crippen molar-refractivity contribution in [2.75, 3.05) is 25.0 Å². The highest BCUT2D eigenvalue weighted by Crippen LogP contribution is 2.54. The molecule has 8 heteroatoms. The molecule has 2 fully saturated rings. The van der Waals surface area contributed by atoms with Crippen molar-refractivity contribution in [2.24, 2.45) is 5.92 Å². The van der Waals surface area contributed by atoms with Crippen LogP contribution in [0.4, 0.5) is 5.69 Å². The number of hydrogen-bond acceptors (Lipinski definition) is 6. The second-order valence-corrected chi connectivity index (χ2v) is 10.4. The lowest BCUT2D eigenvalue weighted by atomic mass is 9.72. The number of benzene rings is 2. The fraction of sp³-hybridized carbons (Fsp3) is 0.500. The Morgan fingerprint density at radius 3 is 2.81 bits per heavy atom. The summed E-state index contributed by atoms with van der Waals surface area (Å²) in [6, 6.07) is 12.4. The number of amides is 1. The Morgan fingerprint density at radius 1 is 1.22 bits per heavy atom. The van der Waals surface area contributed by atoms with E-state index in [1.54, 1.807) is 12.1 Å². The number of carboxylic acid groups (broad SMARTS) is 1. The molecule has 0 spiro atoms. The van der Waals surface area contributed by atoms with Gasteiger partial charge in [0.2, 0.25) is 5.91 Å². The monoisotopic (exact) mass is 494 g/mol. The van der Waals surface area contributed by atoms with Crippen molar-refractivity contribution in [3.8, 4) is 11.5 Å². The van der Waals surface area contributed by atoms with Gasteiger partial charge in [0.1, 0.15) is 5.60 Å². The summed E-state index contributed by atoms with van der Waals surface area (Å²) in [4.78, 5) is 26.4. The van der Waals surface area contributed by atoms with Crippen LogP contribution in [0.25, 0.3) is 0 Å². The van der Waals surface area contributed by atoms with Crippen LogP contribution < -0.4 is 14.8 Å². The van der Waals surface area contributed by atoms with Crippen LogP contribution in [0.2, 0.25) is 0 Å². The Morgan fingerprint density at radius 2 is 2.03 bits per heavy atom. The SMILES string of the molecule is CCOc1cccc2c1OC(C)(C)[C@H]1C[C@H]3[C@H](CCCN3CC(=O)Nc3cccc(C(=O)O)c3)O[C@H]21. The van der Waals surface area contributed by atoms with Gasteiger partial charge in [-0.3, -0.25) is 9.69 Å². The van der Waals surface area contributed by atoms with Crippen LogP contribution in [0, 0.1) is 5.92 Å². The minimum atomic E-state index is -1.02. The molecule has 2 N–H and O–H groups in total. The Labute approximate surface area is 211 Å². The molecule has 5 rings (SSSR count). The van der Waals surface area contributed by atoms with Gasteiger partial charge in [0, 0.05) is 23.2 Å². The van der Waals surface area contributed by atoms with E-state index in [9.17, 15) is 14.7 Å². The van der Waals surface area contributed by atoms with Gasteiger partial charge in [-0.15, -0.1) is 0 Å². The zero-order valence-corrected chi connectivity index (χ0v) is 21.0. The smallest absolute Gasteiger partial charge is 0.335 e. The second-order valence-electron chi connectivity index (χ2n) is 10.4. The molecule has 0 aliphatic carbocycles. The lowest BCUT2D eigenvalue weighted by Crippen LogP contribution is -2.59. The molecule has 1 amide bonds. The normalized spacial score (nSPS) is 26.5. The van der Waals surface area contributed by atoms with Gasteiger partial charge in [0.25, 0.3) is 0 Å². The average Bonchev–Trinajstić information content (AvgIpc) is 2.84. The first-order valence-corrected chi connectivity index (χ1v) is 12.7. The van der Waals surface area contributed by atoms with Gasteiger partial charge in [-0.1, -0.05) is 18.2 Å². The first-order valence-electron chi connectivity index (χ1n) is 12.7. The molecule has 3 aliphatic heterocycles. The number of piperidine rings is 1. The maximum atomic E-state index is 12.9. The summed E-state index contributed by atoms with van der Waals surface area (Å²) in [5.41, 5.74) is 1.21. The molecular weight excluding hydrogens is 460 g/mol. The minimum absolute atomic E-state index is 0.0284. The van der Waals surface area contributed by atoms with Gasteiger partial charge in [-0.05, 0) is 70.8 Å². The van der Waals surface area contributed by atoms with Gasteiger partial charge < -0.3 is 24.6 Å².